The number of sulfone groups is 4. The summed E-state index contributed by atoms with van der Waals surface area (Å²) in [6.45, 7) is 4.19. The van der Waals surface area contributed by atoms with Crippen LogP contribution < -0.4 is 34.9 Å². The van der Waals surface area contributed by atoms with Crippen molar-refractivity contribution < 1.29 is 160 Å². The third-order valence-electron chi connectivity index (χ3n) is 29.1. The molecule has 0 bridgehead atoms. The van der Waals surface area contributed by atoms with Crippen molar-refractivity contribution in [3.63, 3.8) is 0 Å². The van der Waals surface area contributed by atoms with E-state index in [-0.39, 0.29) is 176 Å². The Balaban J connectivity index is 0.000000150. The van der Waals surface area contributed by atoms with E-state index in [0.29, 0.717) is 74.1 Å². The summed E-state index contributed by atoms with van der Waals surface area (Å²) in [5, 5.41) is 8.09. The number of hydrogen-bond acceptors (Lipinski definition) is 16. The minimum Gasteiger partial charge on any atom is -0.490 e. The molecular weight excluding hydrogens is 2000 g/mol. The van der Waals surface area contributed by atoms with Gasteiger partial charge in [0.2, 0.25) is 23.6 Å². The largest absolute Gasteiger partial charge is 0.490 e. The highest BCUT2D eigenvalue weighted by molar-refractivity contribution is 7.93. The monoisotopic (exact) mass is 2090 g/mol. The second-order valence-electron chi connectivity index (χ2n) is 37.3. The predicted octanol–water partition coefficient (Wildman–Crippen LogP) is 20.3. The van der Waals surface area contributed by atoms with Gasteiger partial charge in [-0.05, 0) is 279 Å². The molecule has 8 aromatic carbocycles. The lowest BCUT2D eigenvalue weighted by Gasteiger charge is -2.49. The Morgan fingerprint density at radius 3 is 0.789 bits per heavy atom. The first-order valence-corrected chi connectivity index (χ1v) is 51.6. The van der Waals surface area contributed by atoms with Crippen LogP contribution in [-0.4, -0.2) is 122 Å². The highest BCUT2D eigenvalue weighted by atomic mass is 32.2. The Hall–Kier alpha value is -10.8. The summed E-state index contributed by atoms with van der Waals surface area (Å²) in [5.41, 5.74) is -5.85. The van der Waals surface area contributed by atoms with Gasteiger partial charge in [-0.2, -0.15) is 52.7 Å². The molecular formula is C98H98F20N4O16S4. The fourth-order valence-electron chi connectivity index (χ4n) is 21.7. The Bertz CT molecular complexity index is 6580. The normalized spacial score (nSPS) is 24.5. The van der Waals surface area contributed by atoms with Crippen LogP contribution in [-0.2, 0) is 102 Å². The number of fused-ring (bicyclic) bond motifs is 12. The summed E-state index contributed by atoms with van der Waals surface area (Å²) in [5.74, 6) is -14.0. The molecule has 5 fully saturated rings. The maximum Gasteiger partial charge on any atom is 0.416 e. The third kappa shape index (κ3) is 20.2. The van der Waals surface area contributed by atoms with E-state index in [2.05, 4.69) is 16.0 Å². The first-order valence-electron chi connectivity index (χ1n) is 45.7. The van der Waals surface area contributed by atoms with Crippen molar-refractivity contribution in [1.82, 2.24) is 20.9 Å². The van der Waals surface area contributed by atoms with Crippen molar-refractivity contribution in [2.75, 3.05) is 60.2 Å². The van der Waals surface area contributed by atoms with Gasteiger partial charge in [0.1, 0.15) is 42.3 Å². The number of carbonyl (C=O) groups is 4. The van der Waals surface area contributed by atoms with Gasteiger partial charge in [0.05, 0.1) is 90.5 Å². The molecule has 142 heavy (non-hydrogen) atoms. The van der Waals surface area contributed by atoms with Crippen LogP contribution in [0.1, 0.15) is 174 Å². The smallest absolute Gasteiger partial charge is 0.416 e. The van der Waals surface area contributed by atoms with E-state index in [1.807, 2.05) is 6.92 Å². The number of ether oxygens (including phenoxy) is 4. The number of benzene rings is 8. The summed E-state index contributed by atoms with van der Waals surface area (Å²) in [7, 11) is -14.9. The van der Waals surface area contributed by atoms with Crippen molar-refractivity contribution in [3.8, 4) is 23.0 Å². The van der Waals surface area contributed by atoms with Gasteiger partial charge < -0.3 is 39.8 Å². The van der Waals surface area contributed by atoms with Crippen molar-refractivity contribution in [2.45, 2.75) is 193 Å². The standard InChI is InChI=1S/C26H26F5NO4S.C25H26F5NO4S.C24H24F5NO4S.C23H22F5NO4S/c27-20-7-8-21(28)24-23(20)25(37(34,35)19-5-3-17(4-6-19)26(29,30)31)10-9-16(11-18(25)14-36-24)12-22(33)32-13-15-1-2-15;1-3-31(2)21(32)13-15-10-11-24(36(33,34)18-6-4-16(5-7-18)25(28,29)30)17(12-15)14-35-23-20(27)9-8-19(26)22(23)24;1-2-30-20(31)12-14-9-10-23(35(32,33)17-5-3-15(4-6-17)24(27,28)29)16(11-14)13-34-22-19(26)8-7-18(25)21(22)23;1-29-19(30)11-13-8-9-22(34(31,32)16-4-2-14(3-5-16)23(26,27)28)15(10-13)12-33-21-18(25)7-6-17(24)20(21)22/h3-8,15-16,18H,1-2,9-14H2,(H,32,33);4-9,15,17H,3,10-14H2,1-2H3;3-8,14,16H,2,9-13H2,1H3,(H,30,31);2-7,13,15H,8-12H2,1H3,(H,29,30)/t16-,18-,25+;15-,17-,24+;14-,16-,23+;13-,15-,22+/m1111/s1. The van der Waals surface area contributed by atoms with Gasteiger partial charge in [-0.25, -0.2) is 68.8 Å². The minimum atomic E-state index is -4.67. The molecule has 3 N–H and O–H groups in total. The first kappa shape index (κ1) is 107. The van der Waals surface area contributed by atoms with E-state index in [1.165, 1.54) is 7.05 Å². The fourth-order valence-corrected chi connectivity index (χ4v) is 31.1. The molecule has 12 atom stereocenters. The molecule has 8 aromatic rings. The van der Waals surface area contributed by atoms with Gasteiger partial charge in [-0.15, -0.1) is 0 Å². The van der Waals surface area contributed by atoms with Gasteiger partial charge in [0.15, 0.2) is 85.6 Å². The van der Waals surface area contributed by atoms with Gasteiger partial charge >= 0.3 is 24.7 Å². The summed E-state index contributed by atoms with van der Waals surface area (Å²) in [6, 6.07) is 18.7. The quantitative estimate of drug-likeness (QED) is 0.0598. The second kappa shape index (κ2) is 40.7. The molecule has 4 heterocycles. The van der Waals surface area contributed by atoms with Crippen LogP contribution in [0.3, 0.4) is 0 Å². The summed E-state index contributed by atoms with van der Waals surface area (Å²) in [6.07, 6.45) is -14.8. The van der Waals surface area contributed by atoms with Gasteiger partial charge in [-0.1, -0.05) is 0 Å². The highest BCUT2D eigenvalue weighted by Gasteiger charge is 2.65. The maximum absolute atomic E-state index is 15.3. The van der Waals surface area contributed by atoms with Crippen LogP contribution in [0.15, 0.2) is 165 Å². The lowest BCUT2D eigenvalue weighted by Crippen LogP contribution is -2.52. The molecule has 44 heteroatoms. The minimum absolute atomic E-state index is 0.116. The average molecular weight is 2100 g/mol. The molecule has 0 spiro atoms. The maximum atomic E-state index is 15.3. The molecule has 20 nitrogen and oxygen atoms in total. The SMILES string of the molecule is CCN(C)C(=O)C[C@@H]1CC[C@@]2(S(=O)(=O)c3ccc(C(F)(F)F)cc3)c3c(F)ccc(F)c3OC[C@H]2C1.CCNC(=O)C[C@@H]1CC[C@@]2(S(=O)(=O)c3ccc(C(F)(F)F)cc3)c3c(F)ccc(F)c3OC[C@H]2C1.CNC(=O)C[C@@H]1CC[C@@]2(S(=O)(=O)c3ccc(C(F)(F)F)cc3)c3c(F)ccc(F)c3OC[C@H]2C1.O=C(C[C@@H]1CC[C@@]2(S(=O)(=O)c3ccc(C(F)(F)F)cc3)c3c(F)ccc(F)c3OC[C@H]2C1)NCC1CC1. The Morgan fingerprint density at radius 1 is 0.331 bits per heavy atom. The zero-order valence-corrected chi connectivity index (χ0v) is 79.7. The molecule has 5 saturated carbocycles. The average Bonchev–Trinajstić information content (AvgIpc) is 0.875. The number of rotatable bonds is 20. The summed E-state index contributed by atoms with van der Waals surface area (Å²) < 4.78 is 403. The van der Waals surface area contributed by atoms with E-state index in [4.69, 9.17) is 18.9 Å². The Kier molecular flexibility index (Phi) is 30.7. The first-order chi connectivity index (χ1) is 66.6. The molecule has 4 aliphatic heterocycles. The number of halogens is 20. The third-order valence-corrected chi connectivity index (χ3v) is 39.4. The number of amides is 4. The van der Waals surface area contributed by atoms with Crippen molar-refractivity contribution in [1.29, 1.82) is 0 Å². The Morgan fingerprint density at radius 2 is 0.563 bits per heavy atom. The van der Waals surface area contributed by atoms with Crippen LogP contribution in [0.5, 0.6) is 23.0 Å². The van der Waals surface area contributed by atoms with Crippen molar-refractivity contribution in [2.24, 2.45) is 53.3 Å². The number of hydrogen-bond donors (Lipinski definition) is 3. The van der Waals surface area contributed by atoms with Crippen molar-refractivity contribution >= 4 is 63.0 Å². The van der Waals surface area contributed by atoms with Crippen LogP contribution in [0.2, 0.25) is 0 Å². The number of carbonyl (C=O) groups excluding carboxylic acids is 4. The number of alkyl halides is 12. The van der Waals surface area contributed by atoms with Gasteiger partial charge in [0, 0.05) is 83.1 Å². The van der Waals surface area contributed by atoms with E-state index in [1.54, 1.807) is 18.9 Å². The van der Waals surface area contributed by atoms with Gasteiger partial charge in [-0.3, -0.25) is 19.2 Å². The molecule has 17 rings (SSSR count). The molecule has 0 aromatic heterocycles. The van der Waals surface area contributed by atoms with E-state index >= 15 is 17.6 Å². The predicted molar refractivity (Wildman–Crippen MR) is 472 cm³/mol. The second-order valence-corrected chi connectivity index (χ2v) is 46.1. The van der Waals surface area contributed by atoms with Crippen molar-refractivity contribution in [3.05, 3.63) is 237 Å². The number of nitrogens with one attached hydrogen (secondary N) is 3. The van der Waals surface area contributed by atoms with Crippen LogP contribution in [0.4, 0.5) is 87.8 Å². The fraction of sp³-hybridized carbons (Fsp3) is 0.469. The zero-order valence-electron chi connectivity index (χ0n) is 76.4. The zero-order chi connectivity index (χ0) is 104. The van der Waals surface area contributed by atoms with Gasteiger partial charge in [0.25, 0.3) is 0 Å². The van der Waals surface area contributed by atoms with Crippen LogP contribution >= 0.6 is 0 Å². The summed E-state index contributed by atoms with van der Waals surface area (Å²) in [4.78, 5) is 48.8. The number of nitrogens with zero attached hydrogens (tertiary/aromatic N) is 1. The van der Waals surface area contributed by atoms with E-state index in [0.717, 1.165) is 110 Å². The topological polar surface area (TPSA) is 281 Å². The van der Waals surface area contributed by atoms with Crippen LogP contribution in [0.25, 0.3) is 0 Å². The molecule has 9 aliphatic rings. The van der Waals surface area contributed by atoms with E-state index < -0.39 is 240 Å². The lowest BCUT2D eigenvalue weighted by molar-refractivity contribution is -0.138. The lowest BCUT2D eigenvalue weighted by atomic mass is 9.68. The molecule has 0 radical (unpaired) electrons. The van der Waals surface area contributed by atoms with Crippen LogP contribution in [0, 0.1) is 99.8 Å². The molecule has 4 amide bonds. The molecule has 0 unspecified atom stereocenters. The summed E-state index contributed by atoms with van der Waals surface area (Å²) >= 11 is 0. The highest BCUT2D eigenvalue weighted by Crippen LogP contribution is 2.64. The Labute approximate surface area is 804 Å². The molecule has 770 valence electrons. The molecule has 5 aliphatic carbocycles. The van der Waals surface area contributed by atoms with E-state index in [9.17, 15) is 123 Å². The molecule has 0 saturated heterocycles.